The number of hydrogen-bond donors (Lipinski definition) is 1. The first-order chi connectivity index (χ1) is 14.5. The fourth-order valence-electron chi connectivity index (χ4n) is 3.14. The second kappa shape index (κ2) is 8.16. The lowest BCUT2D eigenvalue weighted by Crippen LogP contribution is -2.25. The largest absolute Gasteiger partial charge is 0.446 e. The van der Waals surface area contributed by atoms with Gasteiger partial charge in [-0.2, -0.15) is 5.01 Å². The zero-order valence-corrected chi connectivity index (χ0v) is 16.6. The van der Waals surface area contributed by atoms with Crippen LogP contribution >= 0.6 is 0 Å². The van der Waals surface area contributed by atoms with Gasteiger partial charge in [-0.25, -0.2) is 0 Å². The molecule has 2 aromatic carbocycles. The molecule has 1 aliphatic rings. The first-order valence-corrected chi connectivity index (χ1v) is 9.45. The quantitative estimate of drug-likeness (QED) is 0.720. The van der Waals surface area contributed by atoms with E-state index in [9.17, 15) is 9.59 Å². The monoisotopic (exact) mass is 400 g/mol. The smallest absolute Gasteiger partial charge is 0.255 e. The molecule has 0 saturated heterocycles. The Kier molecular flexibility index (Phi) is 5.26. The number of rotatable bonds is 4. The van der Waals surface area contributed by atoms with E-state index < -0.39 is 6.23 Å². The average Bonchev–Trinajstić information content (AvgIpc) is 3.21. The lowest BCUT2D eigenvalue weighted by Gasteiger charge is -2.18. The molecule has 0 bridgehead atoms. The predicted molar refractivity (Wildman–Crippen MR) is 113 cm³/mol. The van der Waals surface area contributed by atoms with Gasteiger partial charge in [0.25, 0.3) is 5.91 Å². The zero-order valence-electron chi connectivity index (χ0n) is 16.6. The van der Waals surface area contributed by atoms with E-state index in [1.54, 1.807) is 42.7 Å². The van der Waals surface area contributed by atoms with Gasteiger partial charge in [0.2, 0.25) is 18.0 Å². The fraction of sp³-hybridized carbons (Fsp3) is 0.130. The van der Waals surface area contributed by atoms with Crippen LogP contribution in [0.2, 0.25) is 0 Å². The zero-order chi connectivity index (χ0) is 21.1. The van der Waals surface area contributed by atoms with Crippen LogP contribution in [0.4, 0.5) is 5.69 Å². The number of carbonyl (C=O) groups is 2. The summed E-state index contributed by atoms with van der Waals surface area (Å²) >= 11 is 0. The highest BCUT2D eigenvalue weighted by Crippen LogP contribution is 2.30. The van der Waals surface area contributed by atoms with Gasteiger partial charge in [0, 0.05) is 41.7 Å². The third-order valence-corrected chi connectivity index (χ3v) is 4.58. The van der Waals surface area contributed by atoms with E-state index in [-0.39, 0.29) is 11.8 Å². The number of aryl methyl sites for hydroxylation is 1. The molecule has 2 heterocycles. The van der Waals surface area contributed by atoms with Gasteiger partial charge >= 0.3 is 0 Å². The van der Waals surface area contributed by atoms with Crippen LogP contribution in [0.5, 0.6) is 0 Å². The fourth-order valence-corrected chi connectivity index (χ4v) is 3.14. The van der Waals surface area contributed by atoms with Crippen molar-refractivity contribution in [1.29, 1.82) is 0 Å². The minimum absolute atomic E-state index is 0.205. The van der Waals surface area contributed by atoms with Crippen molar-refractivity contribution >= 4 is 23.4 Å². The van der Waals surface area contributed by atoms with E-state index >= 15 is 0 Å². The van der Waals surface area contributed by atoms with Gasteiger partial charge in [-0.15, -0.1) is 5.10 Å². The second-order valence-electron chi connectivity index (χ2n) is 6.93. The lowest BCUT2D eigenvalue weighted by molar-refractivity contribution is -0.135. The number of nitrogens with one attached hydrogen (secondary N) is 1. The van der Waals surface area contributed by atoms with Crippen LogP contribution in [0.15, 0.2) is 78.2 Å². The first kappa shape index (κ1) is 19.3. The summed E-state index contributed by atoms with van der Waals surface area (Å²) in [6.45, 7) is 3.37. The lowest BCUT2D eigenvalue weighted by atomic mass is 10.1. The number of carbonyl (C=O) groups excluding carboxylic acids is 2. The first-order valence-electron chi connectivity index (χ1n) is 9.45. The molecule has 0 radical (unpaired) electrons. The Morgan fingerprint density at radius 2 is 1.90 bits per heavy atom. The van der Waals surface area contributed by atoms with Crippen LogP contribution in [0.3, 0.4) is 0 Å². The van der Waals surface area contributed by atoms with Crippen LogP contribution in [0, 0.1) is 6.92 Å². The third kappa shape index (κ3) is 4.05. The number of anilines is 1. The maximum absolute atomic E-state index is 12.5. The molecule has 0 unspecified atom stereocenters. The van der Waals surface area contributed by atoms with Crippen molar-refractivity contribution in [3.05, 3.63) is 95.3 Å². The van der Waals surface area contributed by atoms with Crippen molar-refractivity contribution in [1.82, 2.24) is 9.99 Å². The highest BCUT2D eigenvalue weighted by Gasteiger charge is 2.33. The van der Waals surface area contributed by atoms with E-state index in [1.165, 1.54) is 11.9 Å². The SMILES string of the molecule is CC(=O)N1N=C(c2cccc(NC(=O)c3cccc(C)c3)c2)O[C@H]1c1cccnc1. The number of nitrogens with zero attached hydrogens (tertiary/aromatic N) is 3. The highest BCUT2D eigenvalue weighted by atomic mass is 16.5. The van der Waals surface area contributed by atoms with Gasteiger partial charge in [-0.05, 0) is 43.3 Å². The maximum atomic E-state index is 12.5. The Morgan fingerprint density at radius 3 is 2.63 bits per heavy atom. The number of ether oxygens (including phenoxy) is 1. The summed E-state index contributed by atoms with van der Waals surface area (Å²) in [5.74, 6) is -0.155. The number of amides is 2. The topological polar surface area (TPSA) is 83.9 Å². The Hall–Kier alpha value is -4.00. The van der Waals surface area contributed by atoms with Crippen LogP contribution in [0.1, 0.15) is 40.2 Å². The summed E-state index contributed by atoms with van der Waals surface area (Å²) in [6, 6.07) is 18.1. The minimum Gasteiger partial charge on any atom is -0.446 e. The van der Waals surface area contributed by atoms with Crippen LogP contribution in [-0.2, 0) is 9.53 Å². The van der Waals surface area contributed by atoms with Gasteiger partial charge in [0.15, 0.2) is 0 Å². The molecule has 0 spiro atoms. The van der Waals surface area contributed by atoms with Crippen molar-refractivity contribution in [3.63, 3.8) is 0 Å². The molecule has 1 aliphatic heterocycles. The van der Waals surface area contributed by atoms with E-state index in [2.05, 4.69) is 15.4 Å². The number of pyridine rings is 1. The van der Waals surface area contributed by atoms with Crippen molar-refractivity contribution in [2.75, 3.05) is 5.32 Å². The second-order valence-corrected chi connectivity index (χ2v) is 6.93. The Bertz CT molecular complexity index is 1130. The van der Waals surface area contributed by atoms with E-state index in [1.807, 2.05) is 37.3 Å². The van der Waals surface area contributed by atoms with Crippen LogP contribution in [0.25, 0.3) is 0 Å². The Labute approximate surface area is 174 Å². The van der Waals surface area contributed by atoms with Gasteiger partial charge in [-0.3, -0.25) is 14.6 Å². The summed E-state index contributed by atoms with van der Waals surface area (Å²) in [5.41, 5.74) is 3.56. The Balaban J connectivity index is 1.57. The summed E-state index contributed by atoms with van der Waals surface area (Å²) in [7, 11) is 0. The van der Waals surface area contributed by atoms with Crippen molar-refractivity contribution in [3.8, 4) is 0 Å². The van der Waals surface area contributed by atoms with Gasteiger partial charge in [-0.1, -0.05) is 29.8 Å². The molecule has 2 amide bonds. The highest BCUT2D eigenvalue weighted by molar-refractivity contribution is 6.05. The summed E-state index contributed by atoms with van der Waals surface area (Å²) < 4.78 is 5.97. The average molecular weight is 400 g/mol. The van der Waals surface area contributed by atoms with E-state index in [0.29, 0.717) is 22.7 Å². The number of benzene rings is 2. The van der Waals surface area contributed by atoms with Crippen molar-refractivity contribution in [2.45, 2.75) is 20.1 Å². The molecule has 4 rings (SSSR count). The van der Waals surface area contributed by atoms with Crippen molar-refractivity contribution in [2.24, 2.45) is 5.10 Å². The minimum atomic E-state index is -0.684. The number of hydrazone groups is 1. The molecule has 1 aromatic heterocycles. The van der Waals surface area contributed by atoms with Crippen LogP contribution in [-0.4, -0.2) is 27.7 Å². The molecule has 1 N–H and O–H groups in total. The molecule has 0 aliphatic carbocycles. The molecule has 1 atom stereocenters. The van der Waals surface area contributed by atoms with Gasteiger partial charge in [0.05, 0.1) is 0 Å². The predicted octanol–water partition coefficient (Wildman–Crippen LogP) is 3.88. The van der Waals surface area contributed by atoms with Crippen molar-refractivity contribution < 1.29 is 14.3 Å². The molecule has 3 aromatic rings. The van der Waals surface area contributed by atoms with E-state index in [4.69, 9.17) is 4.74 Å². The maximum Gasteiger partial charge on any atom is 0.255 e. The molecule has 150 valence electrons. The van der Waals surface area contributed by atoms with Crippen LogP contribution < -0.4 is 5.32 Å². The summed E-state index contributed by atoms with van der Waals surface area (Å²) in [4.78, 5) is 28.7. The number of aromatic nitrogens is 1. The van der Waals surface area contributed by atoms with Gasteiger partial charge < -0.3 is 10.1 Å². The molecular weight excluding hydrogens is 380 g/mol. The Morgan fingerprint density at radius 1 is 1.07 bits per heavy atom. The molecule has 30 heavy (non-hydrogen) atoms. The molecule has 7 nitrogen and oxygen atoms in total. The molecular formula is C23H20N4O3. The molecule has 0 fully saturated rings. The molecule has 7 heteroatoms. The summed E-state index contributed by atoms with van der Waals surface area (Å²) in [6.07, 6.45) is 2.60. The third-order valence-electron chi connectivity index (χ3n) is 4.58. The standard InChI is InChI=1S/C23H20N4O3/c1-15-6-3-7-17(12-15)21(29)25-20-10-4-8-18(13-20)22-26-27(16(2)28)23(30-22)19-9-5-11-24-14-19/h3-14,23H,1-2H3,(H,25,29)/t23-/m0/s1. The summed E-state index contributed by atoms with van der Waals surface area (Å²) in [5, 5.41) is 8.51. The van der Waals surface area contributed by atoms with Gasteiger partial charge in [0.1, 0.15) is 0 Å². The molecule has 0 saturated carbocycles. The normalized spacial score (nSPS) is 15.3. The number of hydrogen-bond acceptors (Lipinski definition) is 5. The van der Waals surface area contributed by atoms with E-state index in [0.717, 1.165) is 11.1 Å².